The van der Waals surface area contributed by atoms with E-state index in [0.29, 0.717) is 17.7 Å². The lowest BCUT2D eigenvalue weighted by molar-refractivity contribution is -0.121. The highest BCUT2D eigenvalue weighted by atomic mass is 32.2. The number of methoxy groups -OCH3 is 1. The summed E-state index contributed by atoms with van der Waals surface area (Å²) in [5.74, 6) is 0.501. The maximum absolute atomic E-state index is 12.6. The van der Waals surface area contributed by atoms with E-state index >= 15 is 0 Å². The lowest BCUT2D eigenvalue weighted by atomic mass is 9.89. The number of nitrogens with one attached hydrogen (secondary N) is 1. The first kappa shape index (κ1) is 23.3. The van der Waals surface area contributed by atoms with E-state index in [-0.39, 0.29) is 23.3 Å². The molecule has 2 aromatic rings. The van der Waals surface area contributed by atoms with Crippen LogP contribution in [0.15, 0.2) is 41.3 Å². The fraction of sp³-hybridized carbons (Fsp3) is 0.458. The molecule has 168 valence electrons. The molecule has 6 nitrogen and oxygen atoms in total. The minimum absolute atomic E-state index is 0.0758. The summed E-state index contributed by atoms with van der Waals surface area (Å²) in [6.07, 6.45) is 5.36. The van der Waals surface area contributed by atoms with Gasteiger partial charge in [0.15, 0.2) is 0 Å². The van der Waals surface area contributed by atoms with E-state index in [1.807, 2.05) is 6.92 Å². The van der Waals surface area contributed by atoms with Gasteiger partial charge in [-0.05, 0) is 79.5 Å². The maximum atomic E-state index is 12.6. The van der Waals surface area contributed by atoms with Crippen LogP contribution >= 0.6 is 0 Å². The third kappa shape index (κ3) is 5.46. The second-order valence-electron chi connectivity index (χ2n) is 8.29. The molecule has 1 N–H and O–H groups in total. The van der Waals surface area contributed by atoms with Crippen molar-refractivity contribution in [2.24, 2.45) is 0 Å². The molecular weight excluding hydrogens is 412 g/mol. The molecule has 1 amide bonds. The molecule has 1 atom stereocenters. The van der Waals surface area contributed by atoms with Crippen LogP contribution in [-0.4, -0.2) is 39.8 Å². The molecule has 0 spiro atoms. The number of carbonyl (C=O) groups excluding carboxylic acids is 1. The van der Waals surface area contributed by atoms with Gasteiger partial charge in [0.1, 0.15) is 5.75 Å². The summed E-state index contributed by atoms with van der Waals surface area (Å²) in [5, 5.41) is 3.07. The SMILES string of the molecule is COc1ccc(S(=O)(=O)N(C)C)cc1CCC(=O)N[C@@H](C)c1ccc2c(c1)CCCC2. The average Bonchev–Trinajstić information content (AvgIpc) is 2.76. The third-order valence-electron chi connectivity index (χ3n) is 5.90. The van der Waals surface area contributed by atoms with Crippen molar-refractivity contribution < 1.29 is 17.9 Å². The number of aryl methyl sites for hydroxylation is 3. The Morgan fingerprint density at radius 3 is 2.48 bits per heavy atom. The van der Waals surface area contributed by atoms with Gasteiger partial charge in [0, 0.05) is 20.5 Å². The van der Waals surface area contributed by atoms with Gasteiger partial charge in [0.2, 0.25) is 15.9 Å². The molecule has 0 saturated carbocycles. The molecule has 0 saturated heterocycles. The Morgan fingerprint density at radius 1 is 1.10 bits per heavy atom. The molecule has 0 bridgehead atoms. The Kier molecular flexibility index (Phi) is 7.38. The minimum Gasteiger partial charge on any atom is -0.496 e. The fourth-order valence-corrected chi connectivity index (χ4v) is 4.94. The second-order valence-corrected chi connectivity index (χ2v) is 10.4. The molecule has 0 radical (unpaired) electrons. The highest BCUT2D eigenvalue weighted by Gasteiger charge is 2.20. The van der Waals surface area contributed by atoms with Gasteiger partial charge in [-0.15, -0.1) is 0 Å². The Bertz CT molecular complexity index is 1050. The number of rotatable bonds is 8. The number of hydrogen-bond acceptors (Lipinski definition) is 4. The largest absolute Gasteiger partial charge is 0.496 e. The van der Waals surface area contributed by atoms with Crippen LogP contribution in [0.3, 0.4) is 0 Å². The van der Waals surface area contributed by atoms with E-state index in [9.17, 15) is 13.2 Å². The fourth-order valence-electron chi connectivity index (χ4n) is 3.99. The quantitative estimate of drug-likeness (QED) is 0.675. The van der Waals surface area contributed by atoms with Gasteiger partial charge in [0.05, 0.1) is 18.0 Å². The van der Waals surface area contributed by atoms with Crippen LogP contribution in [0.2, 0.25) is 0 Å². The molecule has 1 aliphatic rings. The Hall–Kier alpha value is -2.38. The zero-order chi connectivity index (χ0) is 22.6. The van der Waals surface area contributed by atoms with Gasteiger partial charge in [-0.2, -0.15) is 0 Å². The first-order valence-corrected chi connectivity index (χ1v) is 12.2. The molecule has 1 aliphatic carbocycles. The number of carbonyl (C=O) groups is 1. The van der Waals surface area contributed by atoms with Crippen molar-refractivity contribution in [3.8, 4) is 5.75 Å². The normalized spacial score (nSPS) is 14.7. The van der Waals surface area contributed by atoms with Crippen LogP contribution in [0.5, 0.6) is 5.75 Å². The van der Waals surface area contributed by atoms with Crippen molar-refractivity contribution >= 4 is 15.9 Å². The first-order valence-electron chi connectivity index (χ1n) is 10.7. The summed E-state index contributed by atoms with van der Waals surface area (Å²) < 4.78 is 31.4. The summed E-state index contributed by atoms with van der Waals surface area (Å²) in [7, 11) is 0.980. The number of nitrogens with zero attached hydrogens (tertiary/aromatic N) is 1. The minimum atomic E-state index is -3.55. The van der Waals surface area contributed by atoms with E-state index in [1.54, 1.807) is 12.1 Å². The van der Waals surface area contributed by atoms with Gasteiger partial charge in [-0.1, -0.05) is 18.2 Å². The van der Waals surface area contributed by atoms with E-state index in [4.69, 9.17) is 4.74 Å². The number of fused-ring (bicyclic) bond motifs is 1. The van der Waals surface area contributed by atoms with E-state index in [1.165, 1.54) is 55.5 Å². The summed E-state index contributed by atoms with van der Waals surface area (Å²) in [6, 6.07) is 11.2. The topological polar surface area (TPSA) is 75.7 Å². The number of ether oxygens (including phenoxy) is 1. The standard InChI is InChI=1S/C24H32N2O4S/c1-17(19-10-9-18-7-5-6-8-20(18)15-19)25-24(27)14-11-21-16-22(12-13-23(21)30-4)31(28,29)26(2)3/h9-10,12-13,15-17H,5-8,11,14H2,1-4H3,(H,25,27)/t17-/m0/s1. The molecule has 0 heterocycles. The van der Waals surface area contributed by atoms with E-state index in [2.05, 4.69) is 23.5 Å². The van der Waals surface area contributed by atoms with Gasteiger partial charge >= 0.3 is 0 Å². The number of benzene rings is 2. The van der Waals surface area contributed by atoms with Gasteiger partial charge in [0.25, 0.3) is 0 Å². The maximum Gasteiger partial charge on any atom is 0.242 e. The van der Waals surface area contributed by atoms with Crippen molar-refractivity contribution in [1.29, 1.82) is 0 Å². The highest BCUT2D eigenvalue weighted by molar-refractivity contribution is 7.89. The number of hydrogen-bond donors (Lipinski definition) is 1. The van der Waals surface area contributed by atoms with Crippen LogP contribution in [0.4, 0.5) is 0 Å². The lowest BCUT2D eigenvalue weighted by Crippen LogP contribution is -2.27. The van der Waals surface area contributed by atoms with Crippen LogP contribution in [0.1, 0.15) is 54.5 Å². The molecule has 0 aliphatic heterocycles. The zero-order valence-corrected chi connectivity index (χ0v) is 19.6. The lowest BCUT2D eigenvalue weighted by Gasteiger charge is -2.20. The van der Waals surface area contributed by atoms with Gasteiger partial charge in [-0.25, -0.2) is 12.7 Å². The van der Waals surface area contributed by atoms with Gasteiger partial charge in [-0.3, -0.25) is 4.79 Å². The molecule has 7 heteroatoms. The molecule has 0 unspecified atom stereocenters. The summed E-state index contributed by atoms with van der Waals surface area (Å²) >= 11 is 0. The summed E-state index contributed by atoms with van der Waals surface area (Å²) in [4.78, 5) is 12.8. The molecular formula is C24H32N2O4S. The first-order chi connectivity index (χ1) is 14.7. The zero-order valence-electron chi connectivity index (χ0n) is 18.8. The highest BCUT2D eigenvalue weighted by Crippen LogP contribution is 2.26. The van der Waals surface area contributed by atoms with E-state index in [0.717, 1.165) is 18.4 Å². The van der Waals surface area contributed by atoms with Crippen LogP contribution in [0, 0.1) is 0 Å². The molecule has 2 aromatic carbocycles. The second kappa shape index (κ2) is 9.83. The van der Waals surface area contributed by atoms with Crippen molar-refractivity contribution in [3.63, 3.8) is 0 Å². The molecule has 0 aromatic heterocycles. The summed E-state index contributed by atoms with van der Waals surface area (Å²) in [5.41, 5.74) is 4.63. The van der Waals surface area contributed by atoms with Crippen LogP contribution in [0.25, 0.3) is 0 Å². The Labute approximate surface area is 185 Å². The summed E-state index contributed by atoms with van der Waals surface area (Å²) in [6.45, 7) is 1.99. The smallest absolute Gasteiger partial charge is 0.242 e. The Morgan fingerprint density at radius 2 is 1.81 bits per heavy atom. The third-order valence-corrected chi connectivity index (χ3v) is 7.71. The molecule has 0 fully saturated rings. The molecule has 31 heavy (non-hydrogen) atoms. The number of sulfonamides is 1. The van der Waals surface area contributed by atoms with Crippen molar-refractivity contribution in [3.05, 3.63) is 58.7 Å². The predicted molar refractivity (Wildman–Crippen MR) is 122 cm³/mol. The monoisotopic (exact) mass is 444 g/mol. The van der Waals surface area contributed by atoms with E-state index < -0.39 is 10.0 Å². The average molecular weight is 445 g/mol. The molecule has 3 rings (SSSR count). The van der Waals surface area contributed by atoms with Crippen LogP contribution in [-0.2, 0) is 34.1 Å². The van der Waals surface area contributed by atoms with Gasteiger partial charge < -0.3 is 10.1 Å². The van der Waals surface area contributed by atoms with Crippen molar-refractivity contribution in [2.45, 2.75) is 56.4 Å². The predicted octanol–water partition coefficient (Wildman–Crippen LogP) is 3.63. The van der Waals surface area contributed by atoms with Crippen molar-refractivity contribution in [2.75, 3.05) is 21.2 Å². The number of amides is 1. The van der Waals surface area contributed by atoms with Crippen LogP contribution < -0.4 is 10.1 Å². The van der Waals surface area contributed by atoms with Crippen molar-refractivity contribution in [1.82, 2.24) is 9.62 Å². The Balaban J connectivity index is 1.66.